The van der Waals surface area contributed by atoms with Crippen LogP contribution in [0.15, 0.2) is 0 Å². The number of esters is 2. The van der Waals surface area contributed by atoms with E-state index in [2.05, 4.69) is 13.8 Å². The smallest absolute Gasteiger partial charge is 0.316 e. The largest absolute Gasteiger partial charge is 0.465 e. The van der Waals surface area contributed by atoms with E-state index in [0.29, 0.717) is 0 Å². The van der Waals surface area contributed by atoms with E-state index in [-0.39, 0.29) is 26.1 Å². The summed E-state index contributed by atoms with van der Waals surface area (Å²) in [6.45, 7) is 5.00. The summed E-state index contributed by atoms with van der Waals surface area (Å²) >= 11 is 0. The molecule has 0 heterocycles. The highest BCUT2D eigenvalue weighted by atomic mass is 16.5. The second kappa shape index (κ2) is 23.2. The molecular formula is C32H56O6. The Morgan fingerprint density at radius 3 is 1.05 bits per heavy atom. The second-order valence-electron chi connectivity index (χ2n) is 11.1. The van der Waals surface area contributed by atoms with Crippen LogP contribution < -0.4 is 0 Å². The highest BCUT2D eigenvalue weighted by Gasteiger charge is 2.43. The molecule has 38 heavy (non-hydrogen) atoms. The van der Waals surface area contributed by atoms with Crippen LogP contribution in [-0.4, -0.2) is 36.7 Å². The summed E-state index contributed by atoms with van der Waals surface area (Å²) in [5.41, 5.74) is 0. The molecule has 1 aliphatic rings. The molecule has 0 amide bonds. The van der Waals surface area contributed by atoms with Gasteiger partial charge in [-0.3, -0.25) is 19.2 Å². The van der Waals surface area contributed by atoms with Crippen molar-refractivity contribution in [1.29, 1.82) is 0 Å². The Hall–Kier alpha value is -1.72. The van der Waals surface area contributed by atoms with Gasteiger partial charge in [0.05, 0.1) is 13.2 Å². The number of hydrogen-bond acceptors (Lipinski definition) is 6. The number of unbranched alkanes of at least 4 members (excludes halogenated alkanes) is 18. The Balaban J connectivity index is 2.10. The van der Waals surface area contributed by atoms with Gasteiger partial charge in [0.2, 0.25) is 0 Å². The summed E-state index contributed by atoms with van der Waals surface area (Å²) in [6.07, 6.45) is 23.2. The highest BCUT2D eigenvalue weighted by Crippen LogP contribution is 2.26. The van der Waals surface area contributed by atoms with Crippen molar-refractivity contribution in [3.63, 3.8) is 0 Å². The third kappa shape index (κ3) is 16.3. The molecule has 0 aromatic heterocycles. The number of hydrogen-bond donors (Lipinski definition) is 0. The Labute approximate surface area is 232 Å². The molecule has 0 bridgehead atoms. The molecule has 220 valence electrons. The van der Waals surface area contributed by atoms with E-state index in [1.807, 2.05) is 0 Å². The van der Waals surface area contributed by atoms with Crippen LogP contribution in [0.2, 0.25) is 0 Å². The van der Waals surface area contributed by atoms with Crippen LogP contribution in [0.25, 0.3) is 0 Å². The monoisotopic (exact) mass is 536 g/mol. The van der Waals surface area contributed by atoms with Crippen LogP contribution in [0.3, 0.4) is 0 Å². The molecule has 1 saturated carbocycles. The molecule has 2 atom stereocenters. The Morgan fingerprint density at radius 1 is 0.500 bits per heavy atom. The average Bonchev–Trinajstić information content (AvgIpc) is 2.91. The van der Waals surface area contributed by atoms with Gasteiger partial charge in [-0.05, 0) is 12.8 Å². The van der Waals surface area contributed by atoms with Crippen molar-refractivity contribution in [3.05, 3.63) is 0 Å². The lowest BCUT2D eigenvalue weighted by Crippen LogP contribution is -2.41. The normalized spacial score (nSPS) is 17.5. The zero-order valence-corrected chi connectivity index (χ0v) is 24.6. The minimum absolute atomic E-state index is 0.256. The molecule has 0 spiro atoms. The zero-order chi connectivity index (χ0) is 27.8. The lowest BCUT2D eigenvalue weighted by molar-refractivity contribution is -0.163. The predicted molar refractivity (Wildman–Crippen MR) is 152 cm³/mol. The van der Waals surface area contributed by atoms with Crippen LogP contribution in [0.1, 0.15) is 155 Å². The van der Waals surface area contributed by atoms with E-state index in [1.54, 1.807) is 0 Å². The van der Waals surface area contributed by atoms with E-state index in [4.69, 9.17) is 9.47 Å². The maximum Gasteiger partial charge on any atom is 0.316 e. The molecule has 1 fully saturated rings. The summed E-state index contributed by atoms with van der Waals surface area (Å²) in [4.78, 5) is 49.7. The van der Waals surface area contributed by atoms with Gasteiger partial charge in [0, 0.05) is 12.8 Å². The number of carbonyl (C=O) groups excluding carboxylic acids is 4. The van der Waals surface area contributed by atoms with Crippen LogP contribution in [0, 0.1) is 11.8 Å². The first-order valence-electron chi connectivity index (χ1n) is 15.9. The van der Waals surface area contributed by atoms with Crippen molar-refractivity contribution in [3.8, 4) is 0 Å². The van der Waals surface area contributed by atoms with E-state index in [9.17, 15) is 19.2 Å². The molecule has 6 nitrogen and oxygen atoms in total. The molecule has 0 saturated heterocycles. The van der Waals surface area contributed by atoms with Crippen molar-refractivity contribution >= 4 is 23.5 Å². The standard InChI is InChI=1S/C32H56O6/c1-3-5-7-9-11-13-15-17-19-21-23-37-31(35)27-25-30(34)28(26-29(27)33)32(36)38-24-22-20-18-16-14-12-10-8-6-4-2/h27-28H,3-26H2,1-2H3. The van der Waals surface area contributed by atoms with Gasteiger partial charge in [-0.1, -0.05) is 129 Å². The van der Waals surface area contributed by atoms with Crippen LogP contribution in [0.5, 0.6) is 0 Å². The first-order chi connectivity index (χ1) is 18.5. The fourth-order valence-corrected chi connectivity index (χ4v) is 5.07. The molecule has 1 aliphatic carbocycles. The van der Waals surface area contributed by atoms with Gasteiger partial charge >= 0.3 is 11.9 Å². The Morgan fingerprint density at radius 2 is 0.763 bits per heavy atom. The fraction of sp³-hybridized carbons (Fsp3) is 0.875. The fourth-order valence-electron chi connectivity index (χ4n) is 5.07. The minimum atomic E-state index is -1.07. The minimum Gasteiger partial charge on any atom is -0.465 e. The van der Waals surface area contributed by atoms with E-state index in [1.165, 1.54) is 89.9 Å². The van der Waals surface area contributed by atoms with E-state index < -0.39 is 35.3 Å². The lowest BCUT2D eigenvalue weighted by Gasteiger charge is -2.24. The molecule has 2 unspecified atom stereocenters. The number of Topliss-reactive ketones (excluding diaryl/α,β-unsaturated/α-hetero) is 2. The second-order valence-corrected chi connectivity index (χ2v) is 11.1. The number of ether oxygens (including phenoxy) is 2. The van der Waals surface area contributed by atoms with Gasteiger partial charge in [0.15, 0.2) is 0 Å². The summed E-state index contributed by atoms with van der Waals surface area (Å²) in [5, 5.41) is 0. The van der Waals surface area contributed by atoms with Gasteiger partial charge in [-0.2, -0.15) is 0 Å². The molecule has 0 aliphatic heterocycles. The molecule has 0 N–H and O–H groups in total. The number of ketones is 2. The molecule has 0 radical (unpaired) electrons. The quantitative estimate of drug-likeness (QED) is 0.0704. The summed E-state index contributed by atoms with van der Waals surface area (Å²) in [5.74, 6) is -4.18. The first kappa shape index (κ1) is 34.3. The summed E-state index contributed by atoms with van der Waals surface area (Å²) in [7, 11) is 0. The third-order valence-electron chi connectivity index (χ3n) is 7.64. The van der Waals surface area contributed by atoms with E-state index >= 15 is 0 Å². The van der Waals surface area contributed by atoms with Crippen molar-refractivity contribution in [2.45, 2.75) is 155 Å². The highest BCUT2D eigenvalue weighted by molar-refractivity contribution is 6.12. The Bertz CT molecular complexity index is 602. The van der Waals surface area contributed by atoms with Crippen LogP contribution in [0.4, 0.5) is 0 Å². The van der Waals surface area contributed by atoms with Crippen molar-refractivity contribution in [1.82, 2.24) is 0 Å². The Kier molecular flexibility index (Phi) is 20.9. The van der Waals surface area contributed by atoms with Crippen LogP contribution in [-0.2, 0) is 28.7 Å². The zero-order valence-electron chi connectivity index (χ0n) is 24.6. The third-order valence-corrected chi connectivity index (χ3v) is 7.64. The summed E-state index contributed by atoms with van der Waals surface area (Å²) < 4.78 is 10.6. The molecule has 1 rings (SSSR count). The van der Waals surface area contributed by atoms with Gasteiger partial charge in [-0.15, -0.1) is 0 Å². The van der Waals surface area contributed by atoms with Crippen molar-refractivity contribution in [2.75, 3.05) is 13.2 Å². The topological polar surface area (TPSA) is 86.7 Å². The summed E-state index contributed by atoms with van der Waals surface area (Å²) in [6, 6.07) is 0. The molecule has 0 aromatic rings. The van der Waals surface area contributed by atoms with Gasteiger partial charge in [0.25, 0.3) is 0 Å². The lowest BCUT2D eigenvalue weighted by atomic mass is 9.80. The van der Waals surface area contributed by atoms with E-state index in [0.717, 1.165) is 38.5 Å². The van der Waals surface area contributed by atoms with Gasteiger partial charge in [0.1, 0.15) is 23.4 Å². The van der Waals surface area contributed by atoms with Gasteiger partial charge < -0.3 is 9.47 Å². The van der Waals surface area contributed by atoms with Crippen molar-refractivity contribution in [2.24, 2.45) is 11.8 Å². The van der Waals surface area contributed by atoms with Gasteiger partial charge in [-0.25, -0.2) is 0 Å². The molecule has 0 aromatic carbocycles. The molecule has 6 heteroatoms. The predicted octanol–water partition coefficient (Wildman–Crippen LogP) is 8.08. The maximum absolute atomic E-state index is 12.5. The number of carbonyl (C=O) groups is 4. The maximum atomic E-state index is 12.5. The molecular weight excluding hydrogens is 480 g/mol. The average molecular weight is 537 g/mol. The number of rotatable bonds is 24. The SMILES string of the molecule is CCCCCCCCCCCCOC(=O)C1CC(=O)C(C(=O)OCCCCCCCCCCCC)CC1=O. The van der Waals surface area contributed by atoms with Crippen molar-refractivity contribution < 1.29 is 28.7 Å². The first-order valence-corrected chi connectivity index (χ1v) is 15.9. The van der Waals surface area contributed by atoms with Crippen LogP contribution >= 0.6 is 0 Å².